The molecule has 2 aromatic rings. The van der Waals surface area contributed by atoms with Crippen molar-refractivity contribution in [2.24, 2.45) is 0 Å². The molecule has 1 unspecified atom stereocenters. The number of anilines is 2. The number of fused-ring (bicyclic) bond motifs is 1. The lowest BCUT2D eigenvalue weighted by atomic mass is 10.0. The van der Waals surface area contributed by atoms with E-state index in [9.17, 15) is 13.5 Å². The van der Waals surface area contributed by atoms with E-state index in [-0.39, 0.29) is 23.3 Å². The maximum Gasteiger partial charge on any atom is 0.178 e. The lowest BCUT2D eigenvalue weighted by Gasteiger charge is -2.23. The molecule has 1 aromatic carbocycles. The zero-order valence-electron chi connectivity index (χ0n) is 17.0. The van der Waals surface area contributed by atoms with Crippen molar-refractivity contribution in [1.29, 1.82) is 0 Å². The van der Waals surface area contributed by atoms with Gasteiger partial charge in [0.25, 0.3) is 0 Å². The summed E-state index contributed by atoms with van der Waals surface area (Å²) < 4.78 is 26.2. The van der Waals surface area contributed by atoms with Crippen molar-refractivity contribution in [2.75, 3.05) is 11.1 Å². The third kappa shape index (κ3) is 3.35. The van der Waals surface area contributed by atoms with Gasteiger partial charge in [0.1, 0.15) is 5.82 Å². The Balaban J connectivity index is 1.72. The number of rotatable bonds is 3. The van der Waals surface area contributed by atoms with Crippen LogP contribution in [0.2, 0.25) is 0 Å². The van der Waals surface area contributed by atoms with Gasteiger partial charge in [0.2, 0.25) is 0 Å². The van der Waals surface area contributed by atoms with Crippen molar-refractivity contribution in [1.82, 2.24) is 9.78 Å². The number of aliphatic hydroxyl groups is 1. The Kier molecular flexibility index (Phi) is 4.58. The lowest BCUT2D eigenvalue weighted by Crippen LogP contribution is -2.25. The molecule has 0 amide bonds. The number of aryl methyl sites for hydroxylation is 1. The molecule has 6 nitrogen and oxygen atoms in total. The summed E-state index contributed by atoms with van der Waals surface area (Å²) in [5, 5.41) is 18.4. The van der Waals surface area contributed by atoms with Gasteiger partial charge in [-0.05, 0) is 77.1 Å². The van der Waals surface area contributed by atoms with Crippen molar-refractivity contribution < 1.29 is 13.5 Å². The summed E-state index contributed by atoms with van der Waals surface area (Å²) in [5.74, 6) is 1.41. The van der Waals surface area contributed by atoms with Gasteiger partial charge in [-0.2, -0.15) is 5.10 Å². The third-order valence-corrected chi connectivity index (χ3v) is 7.69. The minimum atomic E-state index is -3.12. The highest BCUT2D eigenvalue weighted by molar-refractivity contribution is 7.91. The fourth-order valence-corrected chi connectivity index (χ4v) is 5.93. The van der Waals surface area contributed by atoms with Crippen molar-refractivity contribution >= 4 is 21.3 Å². The van der Waals surface area contributed by atoms with Gasteiger partial charge in [-0.1, -0.05) is 0 Å². The quantitative estimate of drug-likeness (QED) is 0.817. The van der Waals surface area contributed by atoms with Gasteiger partial charge < -0.3 is 10.4 Å². The van der Waals surface area contributed by atoms with Crippen LogP contribution in [0.25, 0.3) is 0 Å². The first-order valence-corrected chi connectivity index (χ1v) is 11.6. The van der Waals surface area contributed by atoms with Gasteiger partial charge in [0.05, 0.1) is 28.0 Å². The largest absolute Gasteiger partial charge is 0.393 e. The molecule has 1 fully saturated rings. The Labute approximate surface area is 166 Å². The molecule has 4 rings (SSSR count). The Morgan fingerprint density at radius 3 is 2.64 bits per heavy atom. The van der Waals surface area contributed by atoms with E-state index in [0.717, 1.165) is 47.6 Å². The van der Waals surface area contributed by atoms with E-state index in [2.05, 4.69) is 33.0 Å². The number of sulfone groups is 1. The van der Waals surface area contributed by atoms with Gasteiger partial charge >= 0.3 is 0 Å². The highest BCUT2D eigenvalue weighted by Crippen LogP contribution is 2.40. The maximum absolute atomic E-state index is 12.1. The number of aromatic nitrogens is 2. The molecule has 0 spiro atoms. The summed E-state index contributed by atoms with van der Waals surface area (Å²) in [6, 6.07) is 5.49. The highest BCUT2D eigenvalue weighted by atomic mass is 32.2. The van der Waals surface area contributed by atoms with E-state index in [0.29, 0.717) is 11.3 Å². The van der Waals surface area contributed by atoms with Gasteiger partial charge in [-0.15, -0.1) is 0 Å². The summed E-state index contributed by atoms with van der Waals surface area (Å²) in [5.41, 5.74) is 3.70. The second-order valence-electron chi connectivity index (χ2n) is 9.12. The molecule has 2 aliphatic rings. The number of nitrogens with zero attached hydrogens (tertiary/aromatic N) is 2. The van der Waals surface area contributed by atoms with Crippen LogP contribution in [-0.4, -0.2) is 35.2 Å². The Morgan fingerprint density at radius 2 is 2.00 bits per heavy atom. The lowest BCUT2D eigenvalue weighted by molar-refractivity contribution is 0.181. The molecule has 1 aliphatic heterocycles. The van der Waals surface area contributed by atoms with Gasteiger partial charge in [-0.3, -0.25) is 0 Å². The molecular weight excluding hydrogens is 374 g/mol. The smallest absolute Gasteiger partial charge is 0.178 e. The topological polar surface area (TPSA) is 84.2 Å². The molecule has 0 radical (unpaired) electrons. The minimum absolute atomic E-state index is 0.193. The average Bonchev–Trinajstić information content (AvgIpc) is 3.25. The van der Waals surface area contributed by atoms with E-state index in [1.165, 1.54) is 0 Å². The number of hydrogen-bond donors (Lipinski definition) is 2. The maximum atomic E-state index is 12.1. The molecule has 2 N–H and O–H groups in total. The molecule has 152 valence electrons. The normalized spacial score (nSPS) is 23.8. The zero-order chi connectivity index (χ0) is 20.3. The average molecular weight is 404 g/mol. The van der Waals surface area contributed by atoms with Crippen LogP contribution in [0.1, 0.15) is 62.8 Å². The molecule has 2 heterocycles. The van der Waals surface area contributed by atoms with Crippen LogP contribution < -0.4 is 5.32 Å². The van der Waals surface area contributed by atoms with E-state index < -0.39 is 9.84 Å². The van der Waals surface area contributed by atoms with E-state index >= 15 is 0 Å². The number of benzene rings is 1. The van der Waals surface area contributed by atoms with Crippen LogP contribution in [0, 0.1) is 6.92 Å². The fourth-order valence-electron chi connectivity index (χ4n) is 4.39. The van der Waals surface area contributed by atoms with Gasteiger partial charge in [0, 0.05) is 17.2 Å². The van der Waals surface area contributed by atoms with Crippen LogP contribution in [0.5, 0.6) is 0 Å². The zero-order valence-corrected chi connectivity index (χ0v) is 17.8. The molecule has 2 atom stereocenters. The first kappa shape index (κ1) is 19.5. The molecule has 1 aliphatic carbocycles. The van der Waals surface area contributed by atoms with Crippen LogP contribution in [0.4, 0.5) is 11.5 Å². The predicted octanol–water partition coefficient (Wildman–Crippen LogP) is 3.65. The van der Waals surface area contributed by atoms with Gasteiger partial charge in [0.15, 0.2) is 9.84 Å². The van der Waals surface area contributed by atoms with Crippen molar-refractivity contribution in [3.63, 3.8) is 0 Å². The molecule has 1 aromatic heterocycles. The van der Waals surface area contributed by atoms with Crippen LogP contribution in [0.15, 0.2) is 23.1 Å². The first-order valence-electron chi connectivity index (χ1n) is 9.97. The summed E-state index contributed by atoms with van der Waals surface area (Å²) >= 11 is 0. The second kappa shape index (κ2) is 6.59. The minimum Gasteiger partial charge on any atom is -0.393 e. The number of hydrogen-bond acceptors (Lipinski definition) is 5. The number of aliphatic hydroxyl groups excluding tert-OH is 1. The second-order valence-corrected chi connectivity index (χ2v) is 11.2. The SMILES string of the molecule is Cc1c(C2CC[C@@H](O)C2)nn(C(C)(C)C)c1Nc1ccc2c(c1)CCS2(=O)=O. The number of nitrogens with one attached hydrogen (secondary N) is 1. The van der Waals surface area contributed by atoms with Crippen molar-refractivity contribution in [2.45, 2.75) is 75.8 Å². The molecule has 0 saturated heterocycles. The first-order chi connectivity index (χ1) is 13.1. The third-order valence-electron chi connectivity index (χ3n) is 5.88. The molecule has 0 bridgehead atoms. The van der Waals surface area contributed by atoms with Gasteiger partial charge in [-0.25, -0.2) is 13.1 Å². The van der Waals surface area contributed by atoms with Crippen molar-refractivity contribution in [3.8, 4) is 0 Å². The monoisotopic (exact) mass is 403 g/mol. The van der Waals surface area contributed by atoms with E-state index in [1.807, 2.05) is 16.8 Å². The Hall–Kier alpha value is -1.86. The van der Waals surface area contributed by atoms with Crippen LogP contribution in [0.3, 0.4) is 0 Å². The standard InChI is InChI=1S/C21H29N3O3S/c1-13-19(15-5-7-17(25)12-15)23-24(21(2,3)4)20(13)22-16-6-8-18-14(11-16)9-10-28(18,26)27/h6,8,11,15,17,22,25H,5,7,9-10,12H2,1-4H3/t15?,17-/m1/s1. The van der Waals surface area contributed by atoms with E-state index in [1.54, 1.807) is 6.07 Å². The highest BCUT2D eigenvalue weighted by Gasteiger charge is 2.32. The summed E-state index contributed by atoms with van der Waals surface area (Å²) in [6.45, 7) is 8.43. The summed E-state index contributed by atoms with van der Waals surface area (Å²) in [6.07, 6.45) is 2.88. The molecule has 28 heavy (non-hydrogen) atoms. The molecule has 7 heteroatoms. The van der Waals surface area contributed by atoms with Crippen LogP contribution in [-0.2, 0) is 21.8 Å². The van der Waals surface area contributed by atoms with E-state index in [4.69, 9.17) is 5.10 Å². The summed E-state index contributed by atoms with van der Waals surface area (Å²) in [4.78, 5) is 0.458. The Morgan fingerprint density at radius 1 is 1.25 bits per heavy atom. The van der Waals surface area contributed by atoms with Crippen molar-refractivity contribution in [3.05, 3.63) is 35.0 Å². The molecule has 1 saturated carbocycles. The Bertz CT molecular complexity index is 1020. The van der Waals surface area contributed by atoms with Crippen LogP contribution >= 0.6 is 0 Å². The predicted molar refractivity (Wildman–Crippen MR) is 110 cm³/mol. The molecular formula is C21H29N3O3S. The fraction of sp³-hybridized carbons (Fsp3) is 0.571. The summed E-state index contributed by atoms with van der Waals surface area (Å²) in [7, 11) is -3.12.